The third kappa shape index (κ3) is 5.49. The molecule has 0 saturated carbocycles. The molecule has 1 rings (SSSR count). The van der Waals surface area contributed by atoms with Crippen molar-refractivity contribution in [3.63, 3.8) is 0 Å². The Labute approximate surface area is 120 Å². The number of hydrogen-bond donors (Lipinski definition) is 1. The molecule has 0 saturated heterocycles. The summed E-state index contributed by atoms with van der Waals surface area (Å²) in [5.41, 5.74) is -0.466. The summed E-state index contributed by atoms with van der Waals surface area (Å²) in [5, 5.41) is 17.9. The van der Waals surface area contributed by atoms with Crippen molar-refractivity contribution in [3.05, 3.63) is 41.8 Å². The molecule has 0 fully saturated rings. The highest BCUT2D eigenvalue weighted by Gasteiger charge is 2.25. The number of thioether (sulfide) groups is 1. The Morgan fingerprint density at radius 3 is 2.47 bits per heavy atom. The fraction of sp³-hybridized carbons (Fsp3) is 0.400. The first-order valence-electron chi connectivity index (χ1n) is 6.24. The fourth-order valence-electron chi connectivity index (χ4n) is 1.29. The van der Waals surface area contributed by atoms with Gasteiger partial charge in [-0.1, -0.05) is 36.0 Å². The first kappa shape index (κ1) is 15.8. The van der Waals surface area contributed by atoms with Gasteiger partial charge in [0.1, 0.15) is 0 Å². The van der Waals surface area contributed by atoms with Crippen LogP contribution in [0, 0.1) is 5.41 Å². The molecule has 0 aliphatic rings. The van der Waals surface area contributed by atoms with Gasteiger partial charge in [0.25, 0.3) is 0 Å². The van der Waals surface area contributed by atoms with E-state index >= 15 is 0 Å². The topological polar surface area (TPSA) is 35.8 Å². The Hall–Kier alpha value is -1.26. The Kier molecular flexibility index (Phi) is 6.12. The van der Waals surface area contributed by atoms with Gasteiger partial charge in [0.2, 0.25) is 0 Å². The van der Waals surface area contributed by atoms with Gasteiger partial charge in [-0.2, -0.15) is 5.10 Å². The van der Waals surface area contributed by atoms with Crippen LogP contribution in [0.2, 0.25) is 0 Å². The van der Waals surface area contributed by atoms with Crippen LogP contribution in [0.15, 0.2) is 51.8 Å². The van der Waals surface area contributed by atoms with Crippen LogP contribution >= 0.6 is 11.8 Å². The molecule has 104 valence electrons. The van der Waals surface area contributed by atoms with Crippen LogP contribution in [0.4, 0.5) is 0 Å². The molecule has 0 unspecified atom stereocenters. The Balaban J connectivity index is 2.73. The van der Waals surface area contributed by atoms with E-state index in [2.05, 4.69) is 17.2 Å². The molecule has 1 aromatic rings. The highest BCUT2D eigenvalue weighted by molar-refractivity contribution is 8.02. The SMILES string of the molecule is C[C@H](O)[C@](C)(/C=N\N(C)C)/C=C/Sc1ccccc1. The van der Waals surface area contributed by atoms with E-state index in [4.69, 9.17) is 0 Å². The maximum Gasteiger partial charge on any atom is 0.0650 e. The largest absolute Gasteiger partial charge is 0.392 e. The van der Waals surface area contributed by atoms with Gasteiger partial charge in [-0.15, -0.1) is 0 Å². The standard InChI is InChI=1S/C15H22N2OS/c1-13(18)15(2,12-16-17(3)4)10-11-19-14-8-6-5-7-9-14/h5-13,18H,1-4H3/b11-10+,16-12-/t13-,15-/m0/s1. The van der Waals surface area contributed by atoms with Crippen LogP contribution < -0.4 is 0 Å². The summed E-state index contributed by atoms with van der Waals surface area (Å²) < 4.78 is 0. The second kappa shape index (κ2) is 7.36. The molecular formula is C15H22N2OS. The van der Waals surface area contributed by atoms with Crippen molar-refractivity contribution in [2.75, 3.05) is 14.1 Å². The summed E-state index contributed by atoms with van der Waals surface area (Å²) in [7, 11) is 3.72. The van der Waals surface area contributed by atoms with E-state index in [1.807, 2.05) is 50.7 Å². The van der Waals surface area contributed by atoms with Crippen molar-refractivity contribution >= 4 is 18.0 Å². The van der Waals surface area contributed by atoms with Gasteiger partial charge in [-0.25, -0.2) is 0 Å². The average Bonchev–Trinajstić information content (AvgIpc) is 2.37. The van der Waals surface area contributed by atoms with E-state index in [0.29, 0.717) is 0 Å². The number of aliphatic hydroxyl groups is 1. The van der Waals surface area contributed by atoms with Crippen LogP contribution in [-0.4, -0.2) is 36.5 Å². The number of aliphatic hydroxyl groups excluding tert-OH is 1. The molecule has 1 aromatic carbocycles. The van der Waals surface area contributed by atoms with Crippen molar-refractivity contribution in [2.45, 2.75) is 24.8 Å². The highest BCUT2D eigenvalue weighted by atomic mass is 32.2. The molecule has 4 heteroatoms. The van der Waals surface area contributed by atoms with Gasteiger partial charge in [-0.05, 0) is 31.4 Å². The van der Waals surface area contributed by atoms with Gasteiger partial charge < -0.3 is 10.1 Å². The predicted octanol–water partition coefficient (Wildman–Crippen LogP) is 3.23. The minimum absolute atomic E-state index is 0.466. The molecule has 0 radical (unpaired) electrons. The van der Waals surface area contributed by atoms with E-state index in [1.165, 1.54) is 4.90 Å². The lowest BCUT2D eigenvalue weighted by Crippen LogP contribution is -2.30. The van der Waals surface area contributed by atoms with Crippen molar-refractivity contribution < 1.29 is 5.11 Å². The number of rotatable bonds is 6. The van der Waals surface area contributed by atoms with Crippen LogP contribution in [0.3, 0.4) is 0 Å². The summed E-state index contributed by atoms with van der Waals surface area (Å²) >= 11 is 1.63. The molecule has 3 nitrogen and oxygen atoms in total. The zero-order chi connectivity index (χ0) is 14.3. The Morgan fingerprint density at radius 1 is 1.32 bits per heavy atom. The van der Waals surface area contributed by atoms with E-state index < -0.39 is 11.5 Å². The summed E-state index contributed by atoms with van der Waals surface area (Å²) in [5.74, 6) is 0. The zero-order valence-corrected chi connectivity index (χ0v) is 12.8. The summed E-state index contributed by atoms with van der Waals surface area (Å²) in [6, 6.07) is 10.1. The molecule has 0 aliphatic carbocycles. The maximum absolute atomic E-state index is 9.91. The number of benzene rings is 1. The zero-order valence-electron chi connectivity index (χ0n) is 11.9. The first-order chi connectivity index (χ1) is 8.94. The Morgan fingerprint density at radius 2 is 1.95 bits per heavy atom. The molecule has 0 aliphatic heterocycles. The van der Waals surface area contributed by atoms with E-state index in [9.17, 15) is 5.11 Å². The second-order valence-electron chi connectivity index (χ2n) is 4.87. The molecule has 19 heavy (non-hydrogen) atoms. The minimum atomic E-state index is -0.496. The third-order valence-electron chi connectivity index (χ3n) is 2.84. The molecule has 0 bridgehead atoms. The molecule has 0 heterocycles. The van der Waals surface area contributed by atoms with Crippen LogP contribution in [0.5, 0.6) is 0 Å². The molecule has 0 aromatic heterocycles. The van der Waals surface area contributed by atoms with Gasteiger partial charge in [0.05, 0.1) is 6.10 Å². The van der Waals surface area contributed by atoms with Crippen LogP contribution in [0.1, 0.15) is 13.8 Å². The Bertz CT molecular complexity index is 429. The lowest BCUT2D eigenvalue weighted by Gasteiger charge is -2.25. The molecule has 2 atom stereocenters. The summed E-state index contributed by atoms with van der Waals surface area (Å²) in [4.78, 5) is 1.18. The lowest BCUT2D eigenvalue weighted by atomic mass is 9.87. The van der Waals surface area contributed by atoms with Crippen molar-refractivity contribution in [3.8, 4) is 0 Å². The molecule has 1 N–H and O–H groups in total. The molecular weight excluding hydrogens is 256 g/mol. The van der Waals surface area contributed by atoms with E-state index in [0.717, 1.165) is 0 Å². The molecule has 0 spiro atoms. The fourth-order valence-corrected chi connectivity index (χ4v) is 2.12. The van der Waals surface area contributed by atoms with Crippen LogP contribution in [-0.2, 0) is 0 Å². The van der Waals surface area contributed by atoms with Gasteiger partial charge in [0, 0.05) is 30.6 Å². The van der Waals surface area contributed by atoms with Gasteiger partial charge >= 0.3 is 0 Å². The number of nitrogens with zero attached hydrogens (tertiary/aromatic N) is 2. The first-order valence-corrected chi connectivity index (χ1v) is 7.12. The predicted molar refractivity (Wildman–Crippen MR) is 83.4 cm³/mol. The smallest absolute Gasteiger partial charge is 0.0650 e. The molecule has 0 amide bonds. The summed E-state index contributed by atoms with van der Waals surface area (Å²) in [6.07, 6.45) is 3.27. The quantitative estimate of drug-likeness (QED) is 0.493. The number of hydrazone groups is 1. The highest BCUT2D eigenvalue weighted by Crippen LogP contribution is 2.25. The second-order valence-corrected chi connectivity index (χ2v) is 5.85. The van der Waals surface area contributed by atoms with Crippen molar-refractivity contribution in [2.24, 2.45) is 10.5 Å². The minimum Gasteiger partial charge on any atom is -0.392 e. The van der Waals surface area contributed by atoms with E-state index in [-0.39, 0.29) is 0 Å². The lowest BCUT2D eigenvalue weighted by molar-refractivity contribution is 0.130. The monoisotopic (exact) mass is 278 g/mol. The van der Waals surface area contributed by atoms with E-state index in [1.54, 1.807) is 29.9 Å². The number of hydrogen-bond acceptors (Lipinski definition) is 4. The van der Waals surface area contributed by atoms with Gasteiger partial charge in [0.15, 0.2) is 0 Å². The van der Waals surface area contributed by atoms with Crippen molar-refractivity contribution in [1.82, 2.24) is 5.01 Å². The van der Waals surface area contributed by atoms with Crippen molar-refractivity contribution in [1.29, 1.82) is 0 Å². The maximum atomic E-state index is 9.91. The van der Waals surface area contributed by atoms with Gasteiger partial charge in [-0.3, -0.25) is 0 Å². The van der Waals surface area contributed by atoms with Crippen LogP contribution in [0.25, 0.3) is 0 Å². The average molecular weight is 278 g/mol. The summed E-state index contributed by atoms with van der Waals surface area (Å²) in [6.45, 7) is 3.74. The third-order valence-corrected chi connectivity index (χ3v) is 3.66. The normalized spacial score (nSPS) is 16.7.